The molecule has 2 N–H and O–H groups in total. The number of carboxylic acids is 2. The van der Waals surface area contributed by atoms with E-state index in [-0.39, 0.29) is 0 Å². The molecule has 1 saturated heterocycles. The van der Waals surface area contributed by atoms with Crippen LogP contribution >= 0.6 is 11.6 Å². The molecular weight excluding hydrogens is 360 g/mol. The molecule has 0 unspecified atom stereocenters. The standard InChI is InChI=1S/C16H19ClN2O.C2H2O4/c17-16-6-2-1-4-14(16)12-18-7-9-19(10-8-18)13-15-5-3-11-20-15;3-1(4)2(5)6/h1-6,11H,7-10,12-13H2;(H,3,4)(H,5,6). The average molecular weight is 381 g/mol. The third kappa shape index (κ3) is 6.51. The summed E-state index contributed by atoms with van der Waals surface area (Å²) in [6, 6.07) is 12.1. The maximum absolute atomic E-state index is 9.10. The highest BCUT2D eigenvalue weighted by atomic mass is 35.5. The topological polar surface area (TPSA) is 94.2 Å². The minimum absolute atomic E-state index is 0.866. The van der Waals surface area contributed by atoms with Crippen LogP contribution in [0.3, 0.4) is 0 Å². The summed E-state index contributed by atoms with van der Waals surface area (Å²) in [6.07, 6.45) is 1.74. The van der Waals surface area contributed by atoms with E-state index in [0.717, 1.165) is 50.1 Å². The summed E-state index contributed by atoms with van der Waals surface area (Å²) in [7, 11) is 0. The van der Waals surface area contributed by atoms with E-state index < -0.39 is 11.9 Å². The van der Waals surface area contributed by atoms with Crippen LogP contribution in [-0.2, 0) is 22.7 Å². The second-order valence-electron chi connectivity index (χ2n) is 5.83. The summed E-state index contributed by atoms with van der Waals surface area (Å²) in [5.41, 5.74) is 1.22. The summed E-state index contributed by atoms with van der Waals surface area (Å²) < 4.78 is 5.40. The molecule has 7 nitrogen and oxygen atoms in total. The number of halogens is 1. The fourth-order valence-electron chi connectivity index (χ4n) is 2.60. The Hall–Kier alpha value is -2.35. The maximum Gasteiger partial charge on any atom is 0.414 e. The Morgan fingerprint density at radius 1 is 0.923 bits per heavy atom. The molecule has 1 aliphatic rings. The Labute approximate surface area is 156 Å². The predicted molar refractivity (Wildman–Crippen MR) is 96.0 cm³/mol. The van der Waals surface area contributed by atoms with Crippen molar-refractivity contribution in [3.8, 4) is 0 Å². The Bertz CT molecular complexity index is 700. The lowest BCUT2D eigenvalue weighted by atomic mass is 10.2. The normalized spacial score (nSPS) is 15.1. The van der Waals surface area contributed by atoms with Gasteiger partial charge in [-0.1, -0.05) is 29.8 Å². The summed E-state index contributed by atoms with van der Waals surface area (Å²) in [5, 5.41) is 15.6. The molecule has 0 saturated carbocycles. The largest absolute Gasteiger partial charge is 0.473 e. The van der Waals surface area contributed by atoms with Crippen LogP contribution in [0.25, 0.3) is 0 Å². The number of aliphatic carboxylic acids is 2. The first-order chi connectivity index (χ1) is 12.5. The van der Waals surface area contributed by atoms with Gasteiger partial charge in [-0.25, -0.2) is 9.59 Å². The second-order valence-corrected chi connectivity index (χ2v) is 6.24. The summed E-state index contributed by atoms with van der Waals surface area (Å²) in [6.45, 7) is 6.15. The van der Waals surface area contributed by atoms with Crippen LogP contribution in [0.4, 0.5) is 0 Å². The van der Waals surface area contributed by atoms with Crippen molar-refractivity contribution >= 4 is 23.5 Å². The van der Waals surface area contributed by atoms with Crippen molar-refractivity contribution in [1.82, 2.24) is 9.80 Å². The quantitative estimate of drug-likeness (QED) is 0.786. The lowest BCUT2D eigenvalue weighted by molar-refractivity contribution is -0.159. The number of piperazine rings is 1. The highest BCUT2D eigenvalue weighted by Gasteiger charge is 2.18. The van der Waals surface area contributed by atoms with Crippen molar-refractivity contribution in [3.63, 3.8) is 0 Å². The third-order valence-corrected chi connectivity index (χ3v) is 4.33. The molecule has 1 aromatic heterocycles. The predicted octanol–water partition coefficient (Wildman–Crippen LogP) is 2.41. The first kappa shape index (κ1) is 20.0. The van der Waals surface area contributed by atoms with Crippen LogP contribution in [0.2, 0.25) is 5.02 Å². The van der Waals surface area contributed by atoms with Crippen molar-refractivity contribution in [2.75, 3.05) is 26.2 Å². The molecule has 1 fully saturated rings. The van der Waals surface area contributed by atoms with Crippen molar-refractivity contribution in [3.05, 3.63) is 59.0 Å². The summed E-state index contributed by atoms with van der Waals surface area (Å²) in [4.78, 5) is 23.1. The fourth-order valence-corrected chi connectivity index (χ4v) is 2.79. The average Bonchev–Trinajstić information content (AvgIpc) is 3.12. The van der Waals surface area contributed by atoms with Gasteiger partial charge in [0.1, 0.15) is 5.76 Å². The van der Waals surface area contributed by atoms with Gasteiger partial charge in [0.15, 0.2) is 0 Å². The Balaban J connectivity index is 0.000000352. The molecule has 2 heterocycles. The van der Waals surface area contributed by atoms with Crippen LogP contribution in [0.1, 0.15) is 11.3 Å². The molecule has 1 aliphatic heterocycles. The molecule has 26 heavy (non-hydrogen) atoms. The van der Waals surface area contributed by atoms with Gasteiger partial charge >= 0.3 is 11.9 Å². The summed E-state index contributed by atoms with van der Waals surface area (Å²) in [5.74, 6) is -2.60. The lowest BCUT2D eigenvalue weighted by Crippen LogP contribution is -2.45. The van der Waals surface area contributed by atoms with E-state index in [1.165, 1.54) is 5.56 Å². The van der Waals surface area contributed by atoms with E-state index in [4.69, 9.17) is 35.8 Å². The van der Waals surface area contributed by atoms with E-state index in [1.807, 2.05) is 30.3 Å². The second kappa shape index (κ2) is 9.96. The first-order valence-electron chi connectivity index (χ1n) is 8.12. The number of hydrogen-bond acceptors (Lipinski definition) is 5. The summed E-state index contributed by atoms with van der Waals surface area (Å²) >= 11 is 6.22. The van der Waals surface area contributed by atoms with E-state index in [0.29, 0.717) is 0 Å². The molecule has 0 atom stereocenters. The van der Waals surface area contributed by atoms with Crippen LogP contribution in [-0.4, -0.2) is 58.1 Å². The molecule has 2 aromatic rings. The number of nitrogens with zero attached hydrogens (tertiary/aromatic N) is 2. The molecular formula is C18H21ClN2O5. The number of furan rings is 1. The Morgan fingerprint density at radius 3 is 2.00 bits per heavy atom. The molecule has 0 amide bonds. The van der Waals surface area contributed by atoms with E-state index in [2.05, 4.69) is 15.9 Å². The Kier molecular flexibility index (Phi) is 7.65. The van der Waals surface area contributed by atoms with Crippen molar-refractivity contribution in [2.24, 2.45) is 0 Å². The number of benzene rings is 1. The van der Waals surface area contributed by atoms with Gasteiger partial charge in [-0.3, -0.25) is 9.80 Å². The SMILES string of the molecule is Clc1ccccc1CN1CCN(Cc2ccco2)CC1.O=C(O)C(=O)O. The fraction of sp³-hybridized carbons (Fsp3) is 0.333. The highest BCUT2D eigenvalue weighted by Crippen LogP contribution is 2.18. The van der Waals surface area contributed by atoms with Crippen LogP contribution in [0.15, 0.2) is 47.1 Å². The first-order valence-corrected chi connectivity index (χ1v) is 8.50. The van der Waals surface area contributed by atoms with Crippen LogP contribution in [0, 0.1) is 0 Å². The molecule has 8 heteroatoms. The molecule has 0 radical (unpaired) electrons. The van der Waals surface area contributed by atoms with Gasteiger partial charge in [0.05, 0.1) is 12.8 Å². The maximum atomic E-state index is 9.10. The number of rotatable bonds is 4. The molecule has 3 rings (SSSR count). The monoisotopic (exact) mass is 380 g/mol. The highest BCUT2D eigenvalue weighted by molar-refractivity contribution is 6.31. The minimum Gasteiger partial charge on any atom is -0.473 e. The van der Waals surface area contributed by atoms with Crippen molar-refractivity contribution < 1.29 is 24.2 Å². The lowest BCUT2D eigenvalue weighted by Gasteiger charge is -2.34. The Morgan fingerprint density at radius 2 is 1.50 bits per heavy atom. The van der Waals surface area contributed by atoms with E-state index in [9.17, 15) is 0 Å². The molecule has 1 aromatic carbocycles. The van der Waals surface area contributed by atoms with Gasteiger partial charge in [-0.15, -0.1) is 0 Å². The number of hydrogen-bond donors (Lipinski definition) is 2. The van der Waals surface area contributed by atoms with Gasteiger partial charge in [0.25, 0.3) is 0 Å². The van der Waals surface area contributed by atoms with Crippen molar-refractivity contribution in [2.45, 2.75) is 13.1 Å². The number of carbonyl (C=O) groups is 2. The van der Waals surface area contributed by atoms with Gasteiger partial charge in [-0.05, 0) is 23.8 Å². The van der Waals surface area contributed by atoms with Crippen LogP contribution in [0.5, 0.6) is 0 Å². The van der Waals surface area contributed by atoms with E-state index >= 15 is 0 Å². The van der Waals surface area contributed by atoms with Crippen molar-refractivity contribution in [1.29, 1.82) is 0 Å². The molecule has 0 bridgehead atoms. The molecule has 0 aliphatic carbocycles. The zero-order valence-electron chi connectivity index (χ0n) is 14.2. The molecule has 140 valence electrons. The smallest absolute Gasteiger partial charge is 0.414 e. The minimum atomic E-state index is -1.82. The van der Waals surface area contributed by atoms with E-state index in [1.54, 1.807) is 6.26 Å². The van der Waals surface area contributed by atoms with Gasteiger partial charge in [0.2, 0.25) is 0 Å². The van der Waals surface area contributed by atoms with Gasteiger partial charge in [0, 0.05) is 37.7 Å². The van der Waals surface area contributed by atoms with Gasteiger partial charge < -0.3 is 14.6 Å². The molecule has 0 spiro atoms. The zero-order valence-corrected chi connectivity index (χ0v) is 14.9. The third-order valence-electron chi connectivity index (χ3n) is 3.96. The van der Waals surface area contributed by atoms with Crippen LogP contribution < -0.4 is 0 Å². The van der Waals surface area contributed by atoms with Gasteiger partial charge in [-0.2, -0.15) is 0 Å². The number of carboxylic acid groups (broad SMARTS) is 2. The zero-order chi connectivity index (χ0) is 18.9.